The number of benzene rings is 3. The van der Waals surface area contributed by atoms with Crippen LogP contribution in [0.2, 0.25) is 0 Å². The van der Waals surface area contributed by atoms with Gasteiger partial charge in [0, 0.05) is 32.6 Å². The second kappa shape index (κ2) is 11.4. The number of rotatable bonds is 9. The molecule has 0 spiro atoms. The van der Waals surface area contributed by atoms with Gasteiger partial charge in [0.15, 0.2) is 17.3 Å². The fourth-order valence-electron chi connectivity index (χ4n) is 4.93. The van der Waals surface area contributed by atoms with Crippen LogP contribution < -0.4 is 14.2 Å². The molecule has 0 saturated carbocycles. The highest BCUT2D eigenvalue weighted by Gasteiger charge is 2.22. The second-order valence-electron chi connectivity index (χ2n) is 9.48. The number of hydrogen-bond acceptors (Lipinski definition) is 6. The SMILES string of the molecule is COc1ccc(-c2sc3cc(C)ccc3c2C(=O)c2ccc(OCCN3CCCCC3)cc2)cc1OC. The Kier molecular flexibility index (Phi) is 7.77. The van der Waals surface area contributed by atoms with Crippen molar-refractivity contribution in [1.82, 2.24) is 4.90 Å². The van der Waals surface area contributed by atoms with Gasteiger partial charge >= 0.3 is 0 Å². The number of ketones is 1. The van der Waals surface area contributed by atoms with Crippen LogP contribution in [0, 0.1) is 6.92 Å². The highest BCUT2D eigenvalue weighted by molar-refractivity contribution is 7.22. The lowest BCUT2D eigenvalue weighted by atomic mass is 9.97. The van der Waals surface area contributed by atoms with Crippen LogP contribution in [0.4, 0.5) is 0 Å². The Hall–Kier alpha value is -3.35. The van der Waals surface area contributed by atoms with E-state index in [1.54, 1.807) is 25.6 Å². The number of methoxy groups -OCH3 is 2. The van der Waals surface area contributed by atoms with Crippen LogP contribution >= 0.6 is 11.3 Å². The first kappa shape index (κ1) is 25.3. The number of fused-ring (bicyclic) bond motifs is 1. The third-order valence-corrected chi connectivity index (χ3v) is 8.16. The highest BCUT2D eigenvalue weighted by atomic mass is 32.1. The van der Waals surface area contributed by atoms with Crippen LogP contribution in [0.3, 0.4) is 0 Å². The molecule has 0 N–H and O–H groups in total. The average Bonchev–Trinajstić information content (AvgIpc) is 3.31. The molecule has 2 heterocycles. The van der Waals surface area contributed by atoms with Crippen LogP contribution in [0.1, 0.15) is 40.7 Å². The van der Waals surface area contributed by atoms with Gasteiger partial charge in [-0.1, -0.05) is 18.6 Å². The van der Waals surface area contributed by atoms with Gasteiger partial charge in [0.25, 0.3) is 0 Å². The van der Waals surface area contributed by atoms with Gasteiger partial charge in [-0.2, -0.15) is 0 Å². The minimum absolute atomic E-state index is 0.000227. The van der Waals surface area contributed by atoms with Crippen molar-refractivity contribution in [2.24, 2.45) is 0 Å². The maximum atomic E-state index is 13.9. The molecule has 37 heavy (non-hydrogen) atoms. The van der Waals surface area contributed by atoms with E-state index in [9.17, 15) is 4.79 Å². The van der Waals surface area contributed by atoms with E-state index in [0.29, 0.717) is 29.2 Å². The molecule has 0 unspecified atom stereocenters. The smallest absolute Gasteiger partial charge is 0.195 e. The molecule has 5 rings (SSSR count). The fraction of sp³-hybridized carbons (Fsp3) is 0.323. The van der Waals surface area contributed by atoms with Crippen LogP contribution in [0.15, 0.2) is 60.7 Å². The lowest BCUT2D eigenvalue weighted by Crippen LogP contribution is -2.33. The molecule has 0 radical (unpaired) electrons. The van der Waals surface area contributed by atoms with Gasteiger partial charge in [0.1, 0.15) is 12.4 Å². The van der Waals surface area contributed by atoms with Crippen molar-refractivity contribution in [3.63, 3.8) is 0 Å². The predicted molar refractivity (Wildman–Crippen MR) is 151 cm³/mol. The van der Waals surface area contributed by atoms with Crippen LogP contribution in [0.5, 0.6) is 17.2 Å². The molecule has 1 aromatic heterocycles. The first-order valence-corrected chi connectivity index (χ1v) is 13.6. The number of hydrogen-bond donors (Lipinski definition) is 0. The molecule has 0 bridgehead atoms. The topological polar surface area (TPSA) is 48.0 Å². The summed E-state index contributed by atoms with van der Waals surface area (Å²) in [7, 11) is 3.24. The number of nitrogens with zero attached hydrogens (tertiary/aromatic N) is 1. The molecule has 0 aliphatic carbocycles. The molecule has 3 aromatic carbocycles. The Morgan fingerprint density at radius 2 is 1.65 bits per heavy atom. The standard InChI is InChI=1S/C31H33NO4S/c1-21-7-13-25-28(19-21)37-31(23-10-14-26(34-2)27(20-23)35-3)29(25)30(33)22-8-11-24(12-9-22)36-18-17-32-15-5-4-6-16-32/h7-14,19-20H,4-6,15-18H2,1-3H3. The maximum absolute atomic E-state index is 13.9. The summed E-state index contributed by atoms with van der Waals surface area (Å²) in [5, 5.41) is 0.965. The number of ether oxygens (including phenoxy) is 3. The minimum Gasteiger partial charge on any atom is -0.493 e. The summed E-state index contributed by atoms with van der Waals surface area (Å²) < 4.78 is 18.0. The van der Waals surface area contributed by atoms with E-state index in [1.165, 1.54) is 19.3 Å². The minimum atomic E-state index is -0.000227. The molecular weight excluding hydrogens is 482 g/mol. The van der Waals surface area contributed by atoms with Crippen molar-refractivity contribution in [3.05, 3.63) is 77.4 Å². The van der Waals surface area contributed by atoms with Crippen LogP contribution in [-0.4, -0.2) is 51.1 Å². The first-order chi connectivity index (χ1) is 18.1. The molecular formula is C31H33NO4S. The van der Waals surface area contributed by atoms with Gasteiger partial charge in [-0.3, -0.25) is 9.69 Å². The van der Waals surface area contributed by atoms with E-state index in [2.05, 4.69) is 30.0 Å². The summed E-state index contributed by atoms with van der Waals surface area (Å²) in [6.45, 7) is 5.99. The zero-order valence-electron chi connectivity index (χ0n) is 21.7. The second-order valence-corrected chi connectivity index (χ2v) is 10.5. The van der Waals surface area contributed by atoms with Crippen molar-refractivity contribution in [2.75, 3.05) is 40.5 Å². The van der Waals surface area contributed by atoms with Crippen LogP contribution in [-0.2, 0) is 0 Å². The number of aryl methyl sites for hydroxylation is 1. The molecule has 4 aromatic rings. The third kappa shape index (κ3) is 5.50. The summed E-state index contributed by atoms with van der Waals surface area (Å²) in [5.74, 6) is 2.09. The molecule has 1 aliphatic rings. The lowest BCUT2D eigenvalue weighted by Gasteiger charge is -2.26. The quantitative estimate of drug-likeness (QED) is 0.225. The van der Waals surface area contributed by atoms with Crippen molar-refractivity contribution in [3.8, 4) is 27.7 Å². The third-order valence-electron chi connectivity index (χ3n) is 6.96. The molecule has 1 saturated heterocycles. The van der Waals surface area contributed by atoms with Gasteiger partial charge in [-0.25, -0.2) is 0 Å². The summed E-state index contributed by atoms with van der Waals surface area (Å²) >= 11 is 1.63. The van der Waals surface area contributed by atoms with Gasteiger partial charge in [-0.05, 0) is 92.5 Å². The first-order valence-electron chi connectivity index (χ1n) is 12.8. The van der Waals surface area contributed by atoms with Crippen molar-refractivity contribution in [2.45, 2.75) is 26.2 Å². The van der Waals surface area contributed by atoms with Crippen molar-refractivity contribution < 1.29 is 19.0 Å². The van der Waals surface area contributed by atoms with Gasteiger partial charge in [0.05, 0.1) is 14.2 Å². The summed E-state index contributed by atoms with van der Waals surface area (Å²) in [6, 6.07) is 19.6. The molecule has 1 aliphatic heterocycles. The van der Waals surface area contributed by atoms with E-state index >= 15 is 0 Å². The number of carbonyl (C=O) groups is 1. The zero-order valence-corrected chi connectivity index (χ0v) is 22.5. The summed E-state index contributed by atoms with van der Waals surface area (Å²) in [6.07, 6.45) is 3.89. The molecule has 192 valence electrons. The normalized spacial score (nSPS) is 14.0. The highest BCUT2D eigenvalue weighted by Crippen LogP contribution is 2.42. The number of thiophene rings is 1. The summed E-state index contributed by atoms with van der Waals surface area (Å²) in [5.41, 5.74) is 3.45. The van der Waals surface area contributed by atoms with Gasteiger partial charge < -0.3 is 14.2 Å². The molecule has 6 heteroatoms. The Morgan fingerprint density at radius 1 is 0.892 bits per heavy atom. The Bertz CT molecular complexity index is 1390. The fourth-order valence-corrected chi connectivity index (χ4v) is 6.23. The molecule has 0 atom stereocenters. The van der Waals surface area contributed by atoms with Crippen LogP contribution in [0.25, 0.3) is 20.5 Å². The average molecular weight is 516 g/mol. The van der Waals surface area contributed by atoms with Crippen molar-refractivity contribution in [1.29, 1.82) is 0 Å². The number of piperidine rings is 1. The zero-order chi connectivity index (χ0) is 25.8. The monoisotopic (exact) mass is 515 g/mol. The Labute approximate surface area is 222 Å². The number of carbonyl (C=O) groups excluding carboxylic acids is 1. The Balaban J connectivity index is 1.42. The summed E-state index contributed by atoms with van der Waals surface area (Å²) in [4.78, 5) is 17.3. The largest absolute Gasteiger partial charge is 0.493 e. The van der Waals surface area contributed by atoms with Gasteiger partial charge in [0.2, 0.25) is 0 Å². The molecule has 5 nitrogen and oxygen atoms in total. The van der Waals surface area contributed by atoms with E-state index in [1.807, 2.05) is 42.5 Å². The van der Waals surface area contributed by atoms with Crippen molar-refractivity contribution >= 4 is 27.2 Å². The predicted octanol–water partition coefficient (Wildman–Crippen LogP) is 6.99. The van der Waals surface area contributed by atoms with E-state index in [0.717, 1.165) is 51.5 Å². The molecule has 1 fully saturated rings. The molecule has 0 amide bonds. The van der Waals surface area contributed by atoms with E-state index in [4.69, 9.17) is 14.2 Å². The van der Waals surface area contributed by atoms with E-state index in [-0.39, 0.29) is 5.78 Å². The maximum Gasteiger partial charge on any atom is 0.195 e. The lowest BCUT2D eigenvalue weighted by molar-refractivity contribution is 0.104. The Morgan fingerprint density at radius 3 is 2.38 bits per heavy atom. The van der Waals surface area contributed by atoms with Gasteiger partial charge in [-0.15, -0.1) is 11.3 Å². The van der Waals surface area contributed by atoms with E-state index < -0.39 is 0 Å². The number of likely N-dealkylation sites (tertiary alicyclic amines) is 1.